The minimum atomic E-state index is 0.272. The van der Waals surface area contributed by atoms with Crippen LogP contribution in [0, 0.1) is 0 Å². The van der Waals surface area contributed by atoms with Crippen LogP contribution in [0.3, 0.4) is 0 Å². The molecule has 0 bridgehead atoms. The van der Waals surface area contributed by atoms with Gasteiger partial charge in [-0.2, -0.15) is 0 Å². The number of hydrogen-bond acceptors (Lipinski definition) is 4. The van der Waals surface area contributed by atoms with Crippen molar-refractivity contribution in [3.63, 3.8) is 0 Å². The van der Waals surface area contributed by atoms with E-state index in [2.05, 4.69) is 65.1 Å². The van der Waals surface area contributed by atoms with E-state index in [1.165, 1.54) is 10.3 Å². The van der Waals surface area contributed by atoms with Crippen LogP contribution in [0.1, 0.15) is 23.5 Å². The molecule has 23 heavy (non-hydrogen) atoms. The maximum Gasteiger partial charge on any atom is 0.133 e. The highest BCUT2D eigenvalue weighted by molar-refractivity contribution is 9.10. The second-order valence-corrected chi connectivity index (χ2v) is 7.50. The van der Waals surface area contributed by atoms with Gasteiger partial charge in [0.05, 0.1) is 27.8 Å². The minimum absolute atomic E-state index is 0.272. The zero-order valence-corrected chi connectivity index (χ0v) is 15.8. The van der Waals surface area contributed by atoms with Gasteiger partial charge in [0.25, 0.3) is 0 Å². The highest BCUT2D eigenvalue weighted by atomic mass is 79.9. The molecule has 0 radical (unpaired) electrons. The van der Waals surface area contributed by atoms with E-state index in [-0.39, 0.29) is 6.04 Å². The molecule has 120 valence electrons. The third-order valence-electron chi connectivity index (χ3n) is 3.98. The average molecular weight is 391 g/mol. The Morgan fingerprint density at radius 2 is 2.04 bits per heavy atom. The average Bonchev–Trinajstić information content (AvgIpc) is 2.98. The third-order valence-corrected chi connectivity index (χ3v) is 5.80. The maximum absolute atomic E-state index is 5.29. The molecule has 1 heterocycles. The van der Waals surface area contributed by atoms with Gasteiger partial charge in [-0.05, 0) is 59.7 Å². The molecule has 0 saturated carbocycles. The van der Waals surface area contributed by atoms with Gasteiger partial charge in [-0.1, -0.05) is 18.2 Å². The standard InChI is InChI=1S/C18H19BrN2OS/c1-12(18-20-15-6-4-5-7-17(15)23-18)21(2)11-13-8-9-16(22-3)14(19)10-13/h4-10,12H,11H2,1-3H3/t12-/m1/s1. The second kappa shape index (κ2) is 6.99. The van der Waals surface area contributed by atoms with Gasteiger partial charge in [-0.15, -0.1) is 11.3 Å². The van der Waals surface area contributed by atoms with Crippen molar-refractivity contribution in [2.24, 2.45) is 0 Å². The molecule has 0 amide bonds. The summed E-state index contributed by atoms with van der Waals surface area (Å²) in [6.45, 7) is 3.07. The number of hydrogen-bond donors (Lipinski definition) is 0. The van der Waals surface area contributed by atoms with Crippen LogP contribution in [0.4, 0.5) is 0 Å². The van der Waals surface area contributed by atoms with Gasteiger partial charge in [0, 0.05) is 6.54 Å². The van der Waals surface area contributed by atoms with Crippen LogP contribution in [0.15, 0.2) is 46.9 Å². The monoisotopic (exact) mass is 390 g/mol. The first-order valence-electron chi connectivity index (χ1n) is 7.46. The van der Waals surface area contributed by atoms with Crippen LogP contribution in [0.5, 0.6) is 5.75 Å². The summed E-state index contributed by atoms with van der Waals surface area (Å²) in [5.74, 6) is 0.857. The molecule has 0 aliphatic carbocycles. The summed E-state index contributed by atoms with van der Waals surface area (Å²) < 4.78 is 7.52. The number of fused-ring (bicyclic) bond motifs is 1. The lowest BCUT2D eigenvalue weighted by Gasteiger charge is -2.23. The molecule has 5 heteroatoms. The molecule has 0 aliphatic heterocycles. The molecule has 3 aromatic rings. The van der Waals surface area contributed by atoms with Gasteiger partial charge >= 0.3 is 0 Å². The number of thiazole rings is 1. The predicted octanol–water partition coefficient (Wildman–Crippen LogP) is 5.26. The first kappa shape index (κ1) is 16.4. The van der Waals surface area contributed by atoms with Crippen LogP contribution in [0.25, 0.3) is 10.2 Å². The van der Waals surface area contributed by atoms with E-state index in [4.69, 9.17) is 9.72 Å². The Balaban J connectivity index is 1.76. The molecular formula is C18H19BrN2OS. The van der Waals surface area contributed by atoms with Crippen LogP contribution in [-0.4, -0.2) is 24.0 Å². The molecule has 2 aromatic carbocycles. The molecule has 1 atom stereocenters. The largest absolute Gasteiger partial charge is 0.496 e. The van der Waals surface area contributed by atoms with Gasteiger partial charge in [0.1, 0.15) is 10.8 Å². The van der Waals surface area contributed by atoms with E-state index < -0.39 is 0 Å². The van der Waals surface area contributed by atoms with E-state index in [0.29, 0.717) is 0 Å². The summed E-state index contributed by atoms with van der Waals surface area (Å²) in [4.78, 5) is 7.08. The summed E-state index contributed by atoms with van der Waals surface area (Å²) in [6.07, 6.45) is 0. The van der Waals surface area contributed by atoms with Crippen molar-refractivity contribution < 1.29 is 4.74 Å². The van der Waals surface area contributed by atoms with Gasteiger partial charge in [0.2, 0.25) is 0 Å². The number of methoxy groups -OCH3 is 1. The van der Waals surface area contributed by atoms with Crippen LogP contribution in [0.2, 0.25) is 0 Å². The van der Waals surface area contributed by atoms with Crippen molar-refractivity contribution in [2.45, 2.75) is 19.5 Å². The van der Waals surface area contributed by atoms with Crippen molar-refractivity contribution in [1.82, 2.24) is 9.88 Å². The van der Waals surface area contributed by atoms with Crippen molar-refractivity contribution in [3.8, 4) is 5.75 Å². The number of rotatable bonds is 5. The molecule has 0 aliphatic rings. The Labute approximate surface area is 149 Å². The lowest BCUT2D eigenvalue weighted by molar-refractivity contribution is 0.252. The summed E-state index contributed by atoms with van der Waals surface area (Å²) in [5.41, 5.74) is 2.33. The Bertz CT molecular complexity index is 785. The Hall–Kier alpha value is -1.43. The van der Waals surface area contributed by atoms with Gasteiger partial charge in [-0.3, -0.25) is 4.90 Å². The highest BCUT2D eigenvalue weighted by Gasteiger charge is 2.16. The molecule has 0 saturated heterocycles. The lowest BCUT2D eigenvalue weighted by Crippen LogP contribution is -2.21. The fraction of sp³-hybridized carbons (Fsp3) is 0.278. The number of halogens is 1. The van der Waals surface area contributed by atoms with Gasteiger partial charge < -0.3 is 4.74 Å². The zero-order chi connectivity index (χ0) is 16.4. The van der Waals surface area contributed by atoms with Crippen LogP contribution >= 0.6 is 27.3 Å². The molecule has 3 rings (SSSR count). The maximum atomic E-state index is 5.29. The van der Waals surface area contributed by atoms with Gasteiger partial charge in [0.15, 0.2) is 0 Å². The highest BCUT2D eigenvalue weighted by Crippen LogP contribution is 2.30. The number of aromatic nitrogens is 1. The summed E-state index contributed by atoms with van der Waals surface area (Å²) >= 11 is 5.32. The van der Waals surface area contributed by atoms with E-state index in [1.54, 1.807) is 18.4 Å². The molecule has 0 fully saturated rings. The number of benzene rings is 2. The number of ether oxygens (including phenoxy) is 1. The Morgan fingerprint density at radius 1 is 1.26 bits per heavy atom. The fourth-order valence-electron chi connectivity index (χ4n) is 2.49. The summed E-state index contributed by atoms with van der Waals surface area (Å²) in [7, 11) is 3.82. The Morgan fingerprint density at radius 3 is 2.74 bits per heavy atom. The molecule has 3 nitrogen and oxygen atoms in total. The topological polar surface area (TPSA) is 25.4 Å². The molecule has 0 spiro atoms. The van der Waals surface area contributed by atoms with E-state index in [9.17, 15) is 0 Å². The van der Waals surface area contributed by atoms with Crippen molar-refractivity contribution in [3.05, 3.63) is 57.5 Å². The predicted molar refractivity (Wildman–Crippen MR) is 100 cm³/mol. The van der Waals surface area contributed by atoms with Crippen molar-refractivity contribution >= 4 is 37.5 Å². The third kappa shape index (κ3) is 3.57. The van der Waals surface area contributed by atoms with E-state index in [0.717, 1.165) is 27.3 Å². The minimum Gasteiger partial charge on any atom is -0.496 e. The second-order valence-electron chi connectivity index (χ2n) is 5.58. The smallest absolute Gasteiger partial charge is 0.133 e. The molecule has 1 aromatic heterocycles. The normalized spacial score (nSPS) is 12.7. The quantitative estimate of drug-likeness (QED) is 0.593. The van der Waals surface area contributed by atoms with Crippen LogP contribution in [-0.2, 0) is 6.54 Å². The van der Waals surface area contributed by atoms with Crippen molar-refractivity contribution in [2.75, 3.05) is 14.2 Å². The summed E-state index contributed by atoms with van der Waals surface area (Å²) in [5, 5.41) is 1.15. The summed E-state index contributed by atoms with van der Waals surface area (Å²) in [6, 6.07) is 14.8. The zero-order valence-electron chi connectivity index (χ0n) is 13.4. The fourth-order valence-corrected chi connectivity index (χ4v) is 4.16. The SMILES string of the molecule is COc1ccc(CN(C)[C@H](C)c2nc3ccccc3s2)cc1Br. The first-order valence-corrected chi connectivity index (χ1v) is 9.07. The number of para-hydroxylation sites is 1. The lowest BCUT2D eigenvalue weighted by atomic mass is 10.2. The van der Waals surface area contributed by atoms with E-state index >= 15 is 0 Å². The number of nitrogens with zero attached hydrogens (tertiary/aromatic N) is 2. The molecule has 0 N–H and O–H groups in total. The molecule has 0 unspecified atom stereocenters. The van der Waals surface area contributed by atoms with Crippen molar-refractivity contribution in [1.29, 1.82) is 0 Å². The van der Waals surface area contributed by atoms with Crippen LogP contribution < -0.4 is 4.74 Å². The van der Waals surface area contributed by atoms with E-state index in [1.807, 2.05) is 12.1 Å². The Kier molecular flexibility index (Phi) is 4.99. The molecular weight excluding hydrogens is 372 g/mol. The first-order chi connectivity index (χ1) is 11.1. The van der Waals surface area contributed by atoms with Gasteiger partial charge in [-0.25, -0.2) is 4.98 Å².